The van der Waals surface area contributed by atoms with Gasteiger partial charge in [0, 0.05) is 37.3 Å². The second-order valence-electron chi connectivity index (χ2n) is 6.27. The Labute approximate surface area is 151 Å². The molecule has 1 N–H and O–H groups in total. The fourth-order valence-electron chi connectivity index (χ4n) is 3.12. The average Bonchev–Trinajstić information content (AvgIpc) is 3.12. The van der Waals surface area contributed by atoms with Crippen LogP contribution in [0, 0.1) is 5.92 Å². The number of hydrogen-bond donors (Lipinski definition) is 1. The minimum Gasteiger partial charge on any atom is -0.355 e. The summed E-state index contributed by atoms with van der Waals surface area (Å²) >= 11 is 1.50. The van der Waals surface area contributed by atoms with Crippen LogP contribution in [0.5, 0.6) is 0 Å². The molecular weight excluding hydrogens is 336 g/mol. The average molecular weight is 360 g/mol. The van der Waals surface area contributed by atoms with Crippen LogP contribution >= 0.6 is 11.3 Å². The Morgan fingerprint density at radius 3 is 2.68 bits per heavy atom. The van der Waals surface area contributed by atoms with E-state index < -0.39 is 0 Å². The van der Waals surface area contributed by atoms with E-state index in [4.69, 9.17) is 0 Å². The van der Waals surface area contributed by atoms with Gasteiger partial charge in [-0.1, -0.05) is 25.2 Å². The number of hydrogen-bond acceptors (Lipinski definition) is 7. The van der Waals surface area contributed by atoms with Gasteiger partial charge in [-0.3, -0.25) is 9.78 Å². The molecule has 8 heteroatoms. The summed E-state index contributed by atoms with van der Waals surface area (Å²) in [6.45, 7) is 5.93. The highest BCUT2D eigenvalue weighted by Crippen LogP contribution is 2.29. The van der Waals surface area contributed by atoms with Crippen LogP contribution in [0.3, 0.4) is 0 Å². The lowest BCUT2D eigenvalue weighted by atomic mass is 9.96. The summed E-state index contributed by atoms with van der Waals surface area (Å²) in [5.74, 6) is 1.36. The van der Waals surface area contributed by atoms with E-state index in [1.807, 2.05) is 0 Å². The highest BCUT2D eigenvalue weighted by Gasteiger charge is 2.26. The quantitative estimate of drug-likeness (QED) is 0.852. The Hall–Kier alpha value is -2.09. The van der Waals surface area contributed by atoms with Gasteiger partial charge in [0.1, 0.15) is 10.8 Å². The van der Waals surface area contributed by atoms with Crippen LogP contribution in [0.1, 0.15) is 50.5 Å². The second-order valence-corrected chi connectivity index (χ2v) is 7.28. The van der Waals surface area contributed by atoms with Gasteiger partial charge in [0.05, 0.1) is 6.20 Å². The molecule has 1 fully saturated rings. The van der Waals surface area contributed by atoms with E-state index in [2.05, 4.69) is 44.2 Å². The third-order valence-corrected chi connectivity index (χ3v) is 5.75. The van der Waals surface area contributed by atoms with Gasteiger partial charge in [-0.2, -0.15) is 0 Å². The van der Waals surface area contributed by atoms with Crippen molar-refractivity contribution in [2.75, 3.05) is 23.3 Å². The first-order valence-corrected chi connectivity index (χ1v) is 9.68. The highest BCUT2D eigenvalue weighted by molar-refractivity contribution is 7.15. The van der Waals surface area contributed by atoms with Crippen LogP contribution in [-0.2, 0) is 4.79 Å². The van der Waals surface area contributed by atoms with Gasteiger partial charge in [0.2, 0.25) is 11.0 Å². The fraction of sp³-hybridized carbons (Fsp3) is 0.588. The van der Waals surface area contributed by atoms with Crippen molar-refractivity contribution >= 4 is 28.2 Å². The van der Waals surface area contributed by atoms with E-state index in [0.717, 1.165) is 49.6 Å². The van der Waals surface area contributed by atoms with Crippen LogP contribution in [0.15, 0.2) is 18.6 Å². The molecule has 1 saturated heterocycles. The van der Waals surface area contributed by atoms with Gasteiger partial charge >= 0.3 is 0 Å². The first-order valence-electron chi connectivity index (χ1n) is 8.86. The number of carbonyl (C=O) groups excluding carboxylic acids is 1. The zero-order valence-corrected chi connectivity index (χ0v) is 15.5. The van der Waals surface area contributed by atoms with Crippen molar-refractivity contribution in [3.63, 3.8) is 0 Å². The molecule has 7 nitrogen and oxygen atoms in total. The summed E-state index contributed by atoms with van der Waals surface area (Å²) in [4.78, 5) is 23.1. The number of nitrogens with one attached hydrogen (secondary N) is 1. The predicted molar refractivity (Wildman–Crippen MR) is 98.8 cm³/mol. The maximum absolute atomic E-state index is 12.5. The second kappa shape index (κ2) is 8.33. The van der Waals surface area contributed by atoms with E-state index in [-0.39, 0.29) is 11.8 Å². The summed E-state index contributed by atoms with van der Waals surface area (Å²) in [7, 11) is 0. The molecule has 0 unspecified atom stereocenters. The van der Waals surface area contributed by atoms with Crippen molar-refractivity contribution < 1.29 is 4.79 Å². The van der Waals surface area contributed by atoms with Crippen LogP contribution in [0.2, 0.25) is 0 Å². The minimum atomic E-state index is 0.00780. The maximum atomic E-state index is 12.5. The maximum Gasteiger partial charge on any atom is 0.229 e. The number of nitrogens with zero attached hydrogens (tertiary/aromatic N) is 5. The molecule has 25 heavy (non-hydrogen) atoms. The predicted octanol–water partition coefficient (Wildman–Crippen LogP) is 3.09. The standard InChI is InChI=1S/C17H24N6OS/c1-3-12(4-2)16-21-22-17(25-16)20-15(24)13-5-9-23(10-6-13)14-11-18-7-8-19-14/h7-8,11-13H,3-6,9-10H2,1-2H3,(H,20,22,24). The van der Waals surface area contributed by atoms with Gasteiger partial charge in [0.25, 0.3) is 0 Å². The minimum absolute atomic E-state index is 0.00780. The van der Waals surface area contributed by atoms with Crippen LogP contribution in [0.4, 0.5) is 10.9 Å². The van der Waals surface area contributed by atoms with Crippen LogP contribution in [0.25, 0.3) is 0 Å². The Morgan fingerprint density at radius 1 is 1.28 bits per heavy atom. The molecule has 1 amide bonds. The highest BCUT2D eigenvalue weighted by atomic mass is 32.1. The summed E-state index contributed by atoms with van der Waals surface area (Å²) in [5.41, 5.74) is 0. The monoisotopic (exact) mass is 360 g/mol. The molecule has 0 spiro atoms. The van der Waals surface area contributed by atoms with E-state index in [1.54, 1.807) is 18.6 Å². The molecule has 3 rings (SSSR count). The van der Waals surface area contributed by atoms with Crippen LogP contribution in [-0.4, -0.2) is 39.2 Å². The molecular formula is C17H24N6OS. The van der Waals surface area contributed by atoms with Gasteiger partial charge in [0.15, 0.2) is 0 Å². The van der Waals surface area contributed by atoms with Gasteiger partial charge in [-0.05, 0) is 25.7 Å². The van der Waals surface area contributed by atoms with Crippen molar-refractivity contribution in [2.45, 2.75) is 45.4 Å². The Bertz CT molecular complexity index is 679. The number of aromatic nitrogens is 4. The molecule has 2 aromatic rings. The number of rotatable bonds is 6. The zero-order chi connectivity index (χ0) is 17.6. The van der Waals surface area contributed by atoms with E-state index in [1.165, 1.54) is 11.3 Å². The number of anilines is 2. The summed E-state index contributed by atoms with van der Waals surface area (Å²) in [6.07, 6.45) is 8.82. The van der Waals surface area contributed by atoms with Crippen molar-refractivity contribution in [1.82, 2.24) is 20.2 Å². The van der Waals surface area contributed by atoms with E-state index in [9.17, 15) is 4.79 Å². The largest absolute Gasteiger partial charge is 0.355 e. The first kappa shape index (κ1) is 17.7. The first-order chi connectivity index (χ1) is 12.2. The lowest BCUT2D eigenvalue weighted by Gasteiger charge is -2.31. The number of carbonyl (C=O) groups is 1. The van der Waals surface area contributed by atoms with Gasteiger partial charge in [-0.15, -0.1) is 10.2 Å². The Kier molecular flexibility index (Phi) is 5.91. The van der Waals surface area contributed by atoms with Gasteiger partial charge < -0.3 is 10.2 Å². The van der Waals surface area contributed by atoms with Crippen LogP contribution < -0.4 is 10.2 Å². The molecule has 3 heterocycles. The SMILES string of the molecule is CCC(CC)c1nnc(NC(=O)C2CCN(c3cnccn3)CC2)s1. The summed E-state index contributed by atoms with van der Waals surface area (Å²) in [6, 6.07) is 0. The molecule has 134 valence electrons. The van der Waals surface area contributed by atoms with E-state index >= 15 is 0 Å². The molecule has 0 aliphatic carbocycles. The molecule has 2 aromatic heterocycles. The normalized spacial score (nSPS) is 15.6. The molecule has 0 atom stereocenters. The van der Waals surface area contributed by atoms with Crippen molar-refractivity contribution in [2.24, 2.45) is 5.92 Å². The smallest absolute Gasteiger partial charge is 0.229 e. The number of piperidine rings is 1. The molecule has 1 aliphatic heterocycles. The third-order valence-electron chi connectivity index (χ3n) is 4.74. The lowest BCUT2D eigenvalue weighted by Crippen LogP contribution is -2.38. The van der Waals surface area contributed by atoms with Crippen molar-refractivity contribution in [1.29, 1.82) is 0 Å². The van der Waals surface area contributed by atoms with E-state index in [0.29, 0.717) is 11.0 Å². The molecule has 1 aliphatic rings. The fourth-order valence-corrected chi connectivity index (χ4v) is 4.13. The Morgan fingerprint density at radius 2 is 2.04 bits per heavy atom. The lowest BCUT2D eigenvalue weighted by molar-refractivity contribution is -0.120. The molecule has 0 radical (unpaired) electrons. The van der Waals surface area contributed by atoms with Crippen molar-refractivity contribution in [3.05, 3.63) is 23.6 Å². The van der Waals surface area contributed by atoms with Crippen molar-refractivity contribution in [3.8, 4) is 0 Å². The third kappa shape index (κ3) is 4.31. The van der Waals surface area contributed by atoms with Gasteiger partial charge in [-0.25, -0.2) is 4.98 Å². The number of amides is 1. The Balaban J connectivity index is 1.53. The zero-order valence-electron chi connectivity index (χ0n) is 14.7. The molecule has 0 bridgehead atoms. The summed E-state index contributed by atoms with van der Waals surface area (Å²) < 4.78 is 0. The summed E-state index contributed by atoms with van der Waals surface area (Å²) in [5, 5.41) is 13.0. The molecule has 0 saturated carbocycles. The topological polar surface area (TPSA) is 83.9 Å². The molecule has 0 aromatic carbocycles.